The van der Waals surface area contributed by atoms with E-state index in [9.17, 15) is 9.90 Å². The van der Waals surface area contributed by atoms with Gasteiger partial charge in [0.15, 0.2) is 0 Å². The Balaban J connectivity index is 1.91. The lowest BCUT2D eigenvalue weighted by atomic mass is 10.0. The van der Waals surface area contributed by atoms with Gasteiger partial charge in [0.1, 0.15) is 11.6 Å². The number of hydrogen-bond donors (Lipinski definition) is 1. The van der Waals surface area contributed by atoms with Gasteiger partial charge in [-0.25, -0.2) is 4.98 Å². The summed E-state index contributed by atoms with van der Waals surface area (Å²) in [4.78, 5) is 17.6. The molecule has 0 radical (unpaired) electrons. The Morgan fingerprint density at radius 1 is 1.14 bits per heavy atom. The number of fused-ring (bicyclic) bond motifs is 2. The summed E-state index contributed by atoms with van der Waals surface area (Å²) in [5.41, 5.74) is 1.01. The number of nitrogens with zero attached hydrogens (tertiary/aromatic N) is 3. The van der Waals surface area contributed by atoms with Crippen LogP contribution in [-0.4, -0.2) is 21.0 Å². The van der Waals surface area contributed by atoms with Crippen LogP contribution < -0.4 is 5.56 Å². The van der Waals surface area contributed by atoms with Gasteiger partial charge < -0.3 is 5.11 Å². The van der Waals surface area contributed by atoms with Crippen molar-refractivity contribution in [3.8, 4) is 5.75 Å². The standard InChI is InChI=1S/C22H18BrN3O2/c1-2-5-21-25-19-7-4-3-6-17(19)22(28)26(21)24-13-18-16-10-9-15(23)12-14(16)8-11-20(18)27/h3-4,6-13,27H,2,5H2,1H3. The maximum absolute atomic E-state index is 13.0. The third kappa shape index (κ3) is 3.31. The summed E-state index contributed by atoms with van der Waals surface area (Å²) < 4.78 is 2.29. The molecule has 4 rings (SSSR count). The number of hydrogen-bond acceptors (Lipinski definition) is 4. The van der Waals surface area contributed by atoms with E-state index in [-0.39, 0.29) is 11.3 Å². The van der Waals surface area contributed by atoms with Crippen molar-refractivity contribution in [3.05, 3.63) is 80.8 Å². The van der Waals surface area contributed by atoms with Gasteiger partial charge in [-0.05, 0) is 47.5 Å². The molecule has 0 aliphatic carbocycles. The molecule has 0 aliphatic heterocycles. The van der Waals surface area contributed by atoms with E-state index >= 15 is 0 Å². The van der Waals surface area contributed by atoms with Crippen molar-refractivity contribution >= 4 is 43.8 Å². The van der Waals surface area contributed by atoms with Crippen LogP contribution in [0.25, 0.3) is 21.7 Å². The van der Waals surface area contributed by atoms with E-state index in [1.807, 2.05) is 49.4 Å². The average molecular weight is 436 g/mol. The van der Waals surface area contributed by atoms with Gasteiger partial charge in [-0.1, -0.05) is 47.1 Å². The van der Waals surface area contributed by atoms with Gasteiger partial charge in [-0.2, -0.15) is 9.78 Å². The predicted octanol–water partition coefficient (Wildman–Crippen LogP) is 4.85. The highest BCUT2D eigenvalue weighted by Crippen LogP contribution is 2.28. The molecule has 3 aromatic carbocycles. The van der Waals surface area contributed by atoms with Crippen LogP contribution in [0.1, 0.15) is 24.7 Å². The van der Waals surface area contributed by atoms with E-state index < -0.39 is 0 Å². The quantitative estimate of drug-likeness (QED) is 0.465. The van der Waals surface area contributed by atoms with Crippen molar-refractivity contribution in [2.24, 2.45) is 5.10 Å². The molecule has 0 amide bonds. The van der Waals surface area contributed by atoms with E-state index in [1.165, 1.54) is 10.9 Å². The Morgan fingerprint density at radius 2 is 1.96 bits per heavy atom. The molecular formula is C22H18BrN3O2. The van der Waals surface area contributed by atoms with Crippen LogP contribution in [0.3, 0.4) is 0 Å². The van der Waals surface area contributed by atoms with E-state index in [4.69, 9.17) is 0 Å². The summed E-state index contributed by atoms with van der Waals surface area (Å²) in [6, 6.07) is 16.5. The third-order valence-corrected chi connectivity index (χ3v) is 5.09. The maximum Gasteiger partial charge on any atom is 0.282 e. The number of benzene rings is 3. The second-order valence-electron chi connectivity index (χ2n) is 6.52. The molecule has 0 atom stereocenters. The van der Waals surface area contributed by atoms with Gasteiger partial charge in [0.05, 0.1) is 17.1 Å². The number of phenols is 1. The maximum atomic E-state index is 13.0. The molecule has 1 N–H and O–H groups in total. The lowest BCUT2D eigenvalue weighted by molar-refractivity contribution is 0.475. The molecule has 0 saturated heterocycles. The molecule has 0 saturated carbocycles. The van der Waals surface area contributed by atoms with Crippen LogP contribution in [0.4, 0.5) is 0 Å². The first-order valence-corrected chi connectivity index (χ1v) is 9.84. The molecule has 0 aliphatic rings. The molecule has 4 aromatic rings. The van der Waals surface area contributed by atoms with Gasteiger partial charge >= 0.3 is 0 Å². The molecule has 28 heavy (non-hydrogen) atoms. The lowest BCUT2D eigenvalue weighted by Crippen LogP contribution is -2.22. The minimum absolute atomic E-state index is 0.109. The summed E-state index contributed by atoms with van der Waals surface area (Å²) in [6.45, 7) is 2.03. The van der Waals surface area contributed by atoms with Crippen LogP contribution >= 0.6 is 15.9 Å². The summed E-state index contributed by atoms with van der Waals surface area (Å²) in [5, 5.41) is 17.1. The van der Waals surface area contributed by atoms with E-state index in [0.29, 0.717) is 28.7 Å². The summed E-state index contributed by atoms with van der Waals surface area (Å²) in [5.74, 6) is 0.710. The van der Waals surface area contributed by atoms with Gasteiger partial charge in [-0.3, -0.25) is 4.79 Å². The first-order valence-electron chi connectivity index (χ1n) is 9.04. The average Bonchev–Trinajstić information content (AvgIpc) is 2.69. The highest BCUT2D eigenvalue weighted by atomic mass is 79.9. The molecule has 0 spiro atoms. The molecule has 1 aromatic heterocycles. The highest BCUT2D eigenvalue weighted by Gasteiger charge is 2.11. The lowest BCUT2D eigenvalue weighted by Gasteiger charge is -2.09. The normalized spacial score (nSPS) is 11.6. The van der Waals surface area contributed by atoms with Gasteiger partial charge in [0.2, 0.25) is 0 Å². The number of aromatic hydroxyl groups is 1. The van der Waals surface area contributed by atoms with Crippen molar-refractivity contribution in [1.82, 2.24) is 9.66 Å². The van der Waals surface area contributed by atoms with Crippen LogP contribution in [0, 0.1) is 0 Å². The first kappa shape index (κ1) is 18.4. The number of halogens is 1. The number of aromatic nitrogens is 2. The Morgan fingerprint density at radius 3 is 2.79 bits per heavy atom. The molecule has 140 valence electrons. The van der Waals surface area contributed by atoms with Gasteiger partial charge in [-0.15, -0.1) is 0 Å². The molecule has 0 unspecified atom stereocenters. The van der Waals surface area contributed by atoms with Crippen LogP contribution in [0.5, 0.6) is 5.75 Å². The summed E-state index contributed by atoms with van der Waals surface area (Å²) in [7, 11) is 0. The number of phenolic OH excluding ortho intramolecular Hbond substituents is 1. The number of para-hydroxylation sites is 1. The molecule has 0 bridgehead atoms. The van der Waals surface area contributed by atoms with Crippen molar-refractivity contribution in [1.29, 1.82) is 0 Å². The second kappa shape index (κ2) is 7.56. The minimum atomic E-state index is -0.215. The molecule has 6 heteroatoms. The first-order chi connectivity index (χ1) is 13.6. The van der Waals surface area contributed by atoms with Crippen LogP contribution in [-0.2, 0) is 6.42 Å². The van der Waals surface area contributed by atoms with Crippen molar-refractivity contribution < 1.29 is 5.11 Å². The monoisotopic (exact) mass is 435 g/mol. The smallest absolute Gasteiger partial charge is 0.282 e. The van der Waals surface area contributed by atoms with E-state index in [2.05, 4.69) is 26.0 Å². The fourth-order valence-corrected chi connectivity index (χ4v) is 3.62. The zero-order valence-electron chi connectivity index (χ0n) is 15.3. The third-order valence-electron chi connectivity index (χ3n) is 4.60. The number of rotatable bonds is 4. The summed E-state index contributed by atoms with van der Waals surface area (Å²) >= 11 is 3.46. The molecule has 0 fully saturated rings. The Hall–Kier alpha value is -2.99. The zero-order valence-corrected chi connectivity index (χ0v) is 16.8. The number of aryl methyl sites for hydroxylation is 1. The molecule has 1 heterocycles. The van der Waals surface area contributed by atoms with Crippen molar-refractivity contribution in [2.75, 3.05) is 0 Å². The fourth-order valence-electron chi connectivity index (χ4n) is 3.24. The zero-order chi connectivity index (χ0) is 19.7. The minimum Gasteiger partial charge on any atom is -0.507 e. The molecule has 5 nitrogen and oxygen atoms in total. The highest BCUT2D eigenvalue weighted by molar-refractivity contribution is 9.10. The van der Waals surface area contributed by atoms with Crippen molar-refractivity contribution in [3.63, 3.8) is 0 Å². The van der Waals surface area contributed by atoms with Gasteiger partial charge in [0, 0.05) is 16.5 Å². The SMILES string of the molecule is CCCc1nc2ccccc2c(=O)n1N=Cc1c(O)ccc2cc(Br)ccc12. The largest absolute Gasteiger partial charge is 0.507 e. The fraction of sp³-hybridized carbons (Fsp3) is 0.136. The Bertz CT molecular complexity index is 1280. The van der Waals surface area contributed by atoms with Gasteiger partial charge in [0.25, 0.3) is 5.56 Å². The topological polar surface area (TPSA) is 67.5 Å². The van der Waals surface area contributed by atoms with Crippen molar-refractivity contribution in [2.45, 2.75) is 19.8 Å². The predicted molar refractivity (Wildman–Crippen MR) is 116 cm³/mol. The van der Waals surface area contributed by atoms with Crippen LogP contribution in [0.2, 0.25) is 0 Å². The Kier molecular flexibility index (Phi) is 4.96. The summed E-state index contributed by atoms with van der Waals surface area (Å²) in [6.07, 6.45) is 3.00. The van der Waals surface area contributed by atoms with E-state index in [1.54, 1.807) is 12.1 Å². The van der Waals surface area contributed by atoms with E-state index in [0.717, 1.165) is 21.7 Å². The van der Waals surface area contributed by atoms with Crippen LogP contribution in [0.15, 0.2) is 69.0 Å². The Labute approximate surface area is 170 Å². The second-order valence-corrected chi connectivity index (χ2v) is 7.44. The molecular weight excluding hydrogens is 418 g/mol.